The molecule has 98 valence electrons. The molecule has 0 radical (unpaired) electrons. The monoisotopic (exact) mass is 274 g/mol. The molecule has 1 aromatic rings. The van der Waals surface area contributed by atoms with Gasteiger partial charge in [0, 0.05) is 5.92 Å². The maximum absolute atomic E-state index is 11.7. The number of rotatable bonds is 2. The molecule has 2 amide bonds. The molecule has 0 saturated carbocycles. The molecule has 5 heteroatoms. The summed E-state index contributed by atoms with van der Waals surface area (Å²) < 4.78 is 0. The van der Waals surface area contributed by atoms with Crippen molar-refractivity contribution in [3.8, 4) is 0 Å². The van der Waals surface area contributed by atoms with Crippen molar-refractivity contribution >= 4 is 34.8 Å². The van der Waals surface area contributed by atoms with E-state index < -0.39 is 0 Å². The van der Waals surface area contributed by atoms with Crippen LogP contribution in [0.3, 0.4) is 0 Å². The minimum absolute atomic E-state index is 0.138. The van der Waals surface area contributed by atoms with Gasteiger partial charge in [-0.3, -0.25) is 9.59 Å². The SMILES string of the molecule is CC(C)C(=O)NC1=NC(=O)/C(=C\c2ccccc2)S1. The predicted molar refractivity (Wildman–Crippen MR) is 77.4 cm³/mol. The number of amides is 2. The van der Waals surface area contributed by atoms with Gasteiger partial charge in [-0.2, -0.15) is 4.99 Å². The van der Waals surface area contributed by atoms with E-state index in [1.165, 1.54) is 11.8 Å². The highest BCUT2D eigenvalue weighted by Crippen LogP contribution is 2.27. The van der Waals surface area contributed by atoms with E-state index in [4.69, 9.17) is 0 Å². The lowest BCUT2D eigenvalue weighted by Gasteiger charge is -2.05. The number of nitrogens with zero attached hydrogens (tertiary/aromatic N) is 1. The number of carbonyl (C=O) groups is 2. The third-order valence-corrected chi connectivity index (χ3v) is 3.37. The van der Waals surface area contributed by atoms with E-state index in [9.17, 15) is 9.59 Å². The zero-order valence-electron chi connectivity index (χ0n) is 10.7. The van der Waals surface area contributed by atoms with Crippen molar-refractivity contribution in [2.24, 2.45) is 10.9 Å². The largest absolute Gasteiger partial charge is 0.305 e. The van der Waals surface area contributed by atoms with Crippen LogP contribution in [0.15, 0.2) is 40.2 Å². The predicted octanol–water partition coefficient (Wildman–Crippen LogP) is 2.43. The molecule has 1 N–H and O–H groups in total. The van der Waals surface area contributed by atoms with Gasteiger partial charge in [0.25, 0.3) is 5.91 Å². The van der Waals surface area contributed by atoms with Crippen molar-refractivity contribution in [3.63, 3.8) is 0 Å². The van der Waals surface area contributed by atoms with Gasteiger partial charge in [0.15, 0.2) is 5.17 Å². The van der Waals surface area contributed by atoms with Crippen LogP contribution in [0, 0.1) is 5.92 Å². The second-order valence-corrected chi connectivity index (χ2v) is 5.42. The summed E-state index contributed by atoms with van der Waals surface area (Å²) in [6, 6.07) is 9.53. The Morgan fingerprint density at radius 1 is 1.32 bits per heavy atom. The average molecular weight is 274 g/mol. The molecule has 19 heavy (non-hydrogen) atoms. The molecule has 4 nitrogen and oxygen atoms in total. The first-order valence-electron chi connectivity index (χ1n) is 5.95. The first-order chi connectivity index (χ1) is 9.06. The number of nitrogens with one attached hydrogen (secondary N) is 1. The molecule has 0 bridgehead atoms. The van der Waals surface area contributed by atoms with E-state index in [0.29, 0.717) is 10.1 Å². The Morgan fingerprint density at radius 2 is 2.00 bits per heavy atom. The fourth-order valence-corrected chi connectivity index (χ4v) is 2.23. The van der Waals surface area contributed by atoms with Crippen LogP contribution in [0.5, 0.6) is 0 Å². The molecular formula is C14H14N2O2S. The third kappa shape index (κ3) is 3.54. The zero-order valence-corrected chi connectivity index (χ0v) is 11.5. The van der Waals surface area contributed by atoms with E-state index in [2.05, 4.69) is 10.3 Å². The molecule has 1 aliphatic rings. The summed E-state index contributed by atoms with van der Waals surface area (Å²) in [5.74, 6) is -0.589. The standard InChI is InChI=1S/C14H14N2O2S/c1-9(2)12(17)15-14-16-13(18)11(19-14)8-10-6-4-3-5-7-10/h3-9H,1-2H3,(H,15,16,17,18)/b11-8+. The van der Waals surface area contributed by atoms with Crippen molar-refractivity contribution in [1.82, 2.24) is 5.32 Å². The first-order valence-corrected chi connectivity index (χ1v) is 6.76. The highest BCUT2D eigenvalue weighted by molar-refractivity contribution is 8.18. The van der Waals surface area contributed by atoms with Crippen LogP contribution < -0.4 is 5.32 Å². The maximum atomic E-state index is 11.7. The van der Waals surface area contributed by atoms with Gasteiger partial charge >= 0.3 is 0 Å². The summed E-state index contributed by atoms with van der Waals surface area (Å²) in [7, 11) is 0. The van der Waals surface area contributed by atoms with Gasteiger partial charge in [0.05, 0.1) is 4.91 Å². The number of hydrogen-bond acceptors (Lipinski definition) is 3. The van der Waals surface area contributed by atoms with Gasteiger partial charge in [0.2, 0.25) is 5.91 Å². The lowest BCUT2D eigenvalue weighted by Crippen LogP contribution is -2.30. The van der Waals surface area contributed by atoms with E-state index in [1.54, 1.807) is 19.9 Å². The van der Waals surface area contributed by atoms with E-state index in [0.717, 1.165) is 5.56 Å². The van der Waals surface area contributed by atoms with Crippen LogP contribution in [-0.2, 0) is 9.59 Å². The Kier molecular flexibility index (Phi) is 4.16. The van der Waals surface area contributed by atoms with Crippen LogP contribution in [0.1, 0.15) is 19.4 Å². The molecule has 1 aromatic carbocycles. The molecule has 0 aliphatic carbocycles. The number of thioether (sulfide) groups is 1. The molecule has 1 heterocycles. The van der Waals surface area contributed by atoms with Crippen molar-refractivity contribution < 1.29 is 9.59 Å². The van der Waals surface area contributed by atoms with Crippen molar-refractivity contribution in [1.29, 1.82) is 0 Å². The summed E-state index contributed by atoms with van der Waals surface area (Å²) >= 11 is 1.19. The van der Waals surface area contributed by atoms with Gasteiger partial charge in [-0.25, -0.2) is 0 Å². The molecule has 0 spiro atoms. The van der Waals surface area contributed by atoms with Gasteiger partial charge in [-0.1, -0.05) is 44.2 Å². The summed E-state index contributed by atoms with van der Waals surface area (Å²) in [6.45, 7) is 3.58. The minimum atomic E-state index is -0.312. The second kappa shape index (κ2) is 5.84. The highest BCUT2D eigenvalue weighted by Gasteiger charge is 2.23. The number of amidine groups is 1. The van der Waals surface area contributed by atoms with E-state index in [-0.39, 0.29) is 17.7 Å². The smallest absolute Gasteiger partial charge is 0.286 e. The van der Waals surface area contributed by atoms with E-state index >= 15 is 0 Å². The van der Waals surface area contributed by atoms with Crippen LogP contribution >= 0.6 is 11.8 Å². The lowest BCUT2D eigenvalue weighted by molar-refractivity contribution is -0.122. The molecule has 0 unspecified atom stereocenters. The van der Waals surface area contributed by atoms with Crippen LogP contribution in [0.4, 0.5) is 0 Å². The summed E-state index contributed by atoms with van der Waals surface area (Å²) in [5, 5.41) is 2.99. The quantitative estimate of drug-likeness (QED) is 0.843. The fourth-order valence-electron chi connectivity index (χ4n) is 1.41. The third-order valence-electron chi connectivity index (χ3n) is 2.47. The Labute approximate surface area is 116 Å². The van der Waals surface area contributed by atoms with Crippen molar-refractivity contribution in [2.45, 2.75) is 13.8 Å². The number of benzene rings is 1. The minimum Gasteiger partial charge on any atom is -0.305 e. The normalized spacial score (nSPS) is 16.9. The van der Waals surface area contributed by atoms with E-state index in [1.807, 2.05) is 30.3 Å². The molecule has 0 aromatic heterocycles. The van der Waals surface area contributed by atoms with Gasteiger partial charge in [-0.15, -0.1) is 0 Å². The average Bonchev–Trinajstić information content (AvgIpc) is 2.71. The maximum Gasteiger partial charge on any atom is 0.286 e. The van der Waals surface area contributed by atoms with Crippen molar-refractivity contribution in [3.05, 3.63) is 40.8 Å². The Hall–Kier alpha value is -1.88. The van der Waals surface area contributed by atoms with Crippen LogP contribution in [0.2, 0.25) is 0 Å². The summed E-state index contributed by atoms with van der Waals surface area (Å²) in [4.78, 5) is 27.6. The molecule has 1 aliphatic heterocycles. The fraction of sp³-hybridized carbons (Fsp3) is 0.214. The Morgan fingerprint density at radius 3 is 2.63 bits per heavy atom. The van der Waals surface area contributed by atoms with Gasteiger partial charge in [-0.05, 0) is 23.4 Å². The summed E-state index contributed by atoms with van der Waals surface area (Å²) in [6.07, 6.45) is 1.77. The topological polar surface area (TPSA) is 58.5 Å². The van der Waals surface area contributed by atoms with Gasteiger partial charge in [0.1, 0.15) is 0 Å². The molecule has 0 saturated heterocycles. The molecular weight excluding hydrogens is 260 g/mol. The first kappa shape index (κ1) is 13.5. The number of hydrogen-bond donors (Lipinski definition) is 1. The van der Waals surface area contributed by atoms with Crippen LogP contribution in [-0.4, -0.2) is 17.0 Å². The Bertz CT molecular complexity index is 562. The Balaban J connectivity index is 2.08. The zero-order chi connectivity index (χ0) is 13.8. The highest BCUT2D eigenvalue weighted by atomic mass is 32.2. The lowest BCUT2D eigenvalue weighted by atomic mass is 10.2. The number of carbonyl (C=O) groups excluding carboxylic acids is 2. The summed E-state index contributed by atoms with van der Waals surface area (Å²) in [5.41, 5.74) is 0.935. The van der Waals surface area contributed by atoms with Gasteiger partial charge < -0.3 is 5.32 Å². The number of aliphatic imine (C=N–C) groups is 1. The molecule has 0 atom stereocenters. The second-order valence-electron chi connectivity index (χ2n) is 4.39. The molecule has 0 fully saturated rings. The van der Waals surface area contributed by atoms with Crippen LogP contribution in [0.25, 0.3) is 6.08 Å². The molecule has 2 rings (SSSR count). The van der Waals surface area contributed by atoms with Crippen molar-refractivity contribution in [2.75, 3.05) is 0 Å².